The van der Waals surface area contributed by atoms with E-state index in [2.05, 4.69) is 10.3 Å². The van der Waals surface area contributed by atoms with Crippen LogP contribution in [0.25, 0.3) is 5.65 Å². The van der Waals surface area contributed by atoms with Crippen molar-refractivity contribution in [3.63, 3.8) is 0 Å². The van der Waals surface area contributed by atoms with Crippen LogP contribution in [0.2, 0.25) is 0 Å². The number of anilines is 1. The van der Waals surface area contributed by atoms with Crippen LogP contribution in [0.4, 0.5) is 5.69 Å². The topological polar surface area (TPSA) is 72.7 Å². The third kappa shape index (κ3) is 3.59. The number of carbonyl (C=O) groups is 2. The molecule has 0 spiro atoms. The molecule has 2 aromatic heterocycles. The van der Waals surface area contributed by atoms with Crippen molar-refractivity contribution in [2.24, 2.45) is 0 Å². The maximum absolute atomic E-state index is 12.8. The van der Waals surface area contributed by atoms with Crippen LogP contribution in [0.15, 0.2) is 48.7 Å². The number of aromatic nitrogens is 2. The number of rotatable bonds is 6. The number of pyridine rings is 1. The summed E-state index contributed by atoms with van der Waals surface area (Å²) >= 11 is 0. The molecule has 26 heavy (non-hydrogen) atoms. The maximum atomic E-state index is 12.8. The average Bonchev–Trinajstić information content (AvgIpc) is 3.05. The highest BCUT2D eigenvalue weighted by molar-refractivity contribution is 6.05. The minimum atomic E-state index is -0.396. The van der Waals surface area contributed by atoms with Gasteiger partial charge in [0.2, 0.25) is 0 Å². The van der Waals surface area contributed by atoms with Crippen molar-refractivity contribution in [1.29, 1.82) is 0 Å². The monoisotopic (exact) mass is 351 g/mol. The molecule has 0 saturated heterocycles. The van der Waals surface area contributed by atoms with E-state index in [1.165, 1.54) is 0 Å². The van der Waals surface area contributed by atoms with Gasteiger partial charge in [0.15, 0.2) is 0 Å². The van der Waals surface area contributed by atoms with Crippen LogP contribution in [0.3, 0.4) is 0 Å². The van der Waals surface area contributed by atoms with Crippen molar-refractivity contribution in [2.45, 2.75) is 26.7 Å². The Morgan fingerprint density at radius 3 is 2.77 bits per heavy atom. The molecule has 6 nitrogen and oxygen atoms in total. The van der Waals surface area contributed by atoms with Gasteiger partial charge in [0.25, 0.3) is 5.91 Å². The molecule has 6 heteroatoms. The number of nitrogens with one attached hydrogen (secondary N) is 1. The van der Waals surface area contributed by atoms with Gasteiger partial charge in [-0.25, -0.2) is 9.78 Å². The Labute approximate surface area is 151 Å². The van der Waals surface area contributed by atoms with Crippen LogP contribution in [0, 0.1) is 0 Å². The van der Waals surface area contributed by atoms with E-state index in [9.17, 15) is 9.59 Å². The van der Waals surface area contributed by atoms with Crippen molar-refractivity contribution in [2.75, 3.05) is 11.9 Å². The zero-order valence-corrected chi connectivity index (χ0v) is 14.9. The lowest BCUT2D eigenvalue weighted by Gasteiger charge is -2.08. The second kappa shape index (κ2) is 7.82. The first kappa shape index (κ1) is 17.7. The van der Waals surface area contributed by atoms with Gasteiger partial charge < -0.3 is 10.1 Å². The van der Waals surface area contributed by atoms with Crippen LogP contribution in [0.5, 0.6) is 0 Å². The third-order valence-electron chi connectivity index (χ3n) is 3.95. The Morgan fingerprint density at radius 2 is 2.00 bits per heavy atom. The van der Waals surface area contributed by atoms with Crippen molar-refractivity contribution < 1.29 is 14.3 Å². The van der Waals surface area contributed by atoms with Crippen molar-refractivity contribution in [3.8, 4) is 0 Å². The fourth-order valence-corrected chi connectivity index (χ4v) is 2.72. The molecule has 0 aliphatic rings. The number of ether oxygens (including phenoxy) is 1. The number of amides is 1. The molecule has 0 aliphatic heterocycles. The lowest BCUT2D eigenvalue weighted by Crippen LogP contribution is -2.16. The summed E-state index contributed by atoms with van der Waals surface area (Å²) in [5, 5.41) is 2.86. The summed E-state index contributed by atoms with van der Waals surface area (Å²) in [5.41, 5.74) is 2.90. The van der Waals surface area contributed by atoms with E-state index in [4.69, 9.17) is 4.74 Å². The fourth-order valence-electron chi connectivity index (χ4n) is 2.72. The predicted octanol–water partition coefficient (Wildman–Crippen LogP) is 3.72. The van der Waals surface area contributed by atoms with Crippen LogP contribution in [0.1, 0.15) is 46.8 Å². The van der Waals surface area contributed by atoms with Gasteiger partial charge >= 0.3 is 5.97 Å². The summed E-state index contributed by atoms with van der Waals surface area (Å²) < 4.78 is 6.91. The van der Waals surface area contributed by atoms with Crippen LogP contribution >= 0.6 is 0 Å². The Kier molecular flexibility index (Phi) is 5.31. The molecule has 134 valence electrons. The molecule has 0 bridgehead atoms. The number of aryl methyl sites for hydroxylation is 1. The number of carbonyl (C=O) groups excluding carboxylic acids is 2. The van der Waals surface area contributed by atoms with E-state index < -0.39 is 5.97 Å². The summed E-state index contributed by atoms with van der Waals surface area (Å²) in [6.45, 7) is 4.27. The number of benzene rings is 1. The van der Waals surface area contributed by atoms with Gasteiger partial charge in [0.1, 0.15) is 11.3 Å². The standard InChI is InChI=1S/C20H21N3O3/c1-3-12-26-20(25)14-8-7-9-15(13-14)21-19(24)18-16(4-2)22-17-10-5-6-11-23(17)18/h5-11,13H,3-4,12H2,1-2H3,(H,21,24). The second-order valence-electron chi connectivity index (χ2n) is 5.86. The van der Waals surface area contributed by atoms with Crippen LogP contribution in [-0.4, -0.2) is 27.9 Å². The SMILES string of the molecule is CCCOC(=O)c1cccc(NC(=O)c2c(CC)nc3ccccn23)c1. The quantitative estimate of drug-likeness (QED) is 0.687. The van der Waals surface area contributed by atoms with Gasteiger partial charge in [-0.05, 0) is 43.2 Å². The summed E-state index contributed by atoms with van der Waals surface area (Å²) in [6.07, 6.45) is 3.22. The minimum absolute atomic E-state index is 0.264. The zero-order valence-electron chi connectivity index (χ0n) is 14.9. The number of nitrogens with zero attached hydrogens (tertiary/aromatic N) is 2. The molecule has 0 atom stereocenters. The highest BCUT2D eigenvalue weighted by Gasteiger charge is 2.18. The first-order chi connectivity index (χ1) is 12.6. The molecule has 0 aliphatic carbocycles. The van der Waals surface area contributed by atoms with Gasteiger partial charge in [-0.15, -0.1) is 0 Å². The van der Waals surface area contributed by atoms with Gasteiger partial charge in [0, 0.05) is 11.9 Å². The molecule has 0 radical (unpaired) electrons. The van der Waals surface area contributed by atoms with Crippen molar-refractivity contribution in [3.05, 3.63) is 65.6 Å². The smallest absolute Gasteiger partial charge is 0.338 e. The van der Waals surface area contributed by atoms with E-state index in [-0.39, 0.29) is 5.91 Å². The Hall–Kier alpha value is -3.15. The summed E-state index contributed by atoms with van der Waals surface area (Å²) in [7, 11) is 0. The molecule has 2 heterocycles. The normalized spacial score (nSPS) is 10.7. The van der Waals surface area contributed by atoms with Gasteiger partial charge in [-0.3, -0.25) is 9.20 Å². The maximum Gasteiger partial charge on any atom is 0.338 e. The Morgan fingerprint density at radius 1 is 1.15 bits per heavy atom. The lowest BCUT2D eigenvalue weighted by atomic mass is 10.2. The molecule has 0 saturated carbocycles. The Balaban J connectivity index is 1.86. The van der Waals surface area contributed by atoms with Crippen LogP contribution < -0.4 is 5.32 Å². The molecule has 0 fully saturated rings. The highest BCUT2D eigenvalue weighted by atomic mass is 16.5. The Bertz CT molecular complexity index is 946. The van der Waals surface area contributed by atoms with Crippen molar-refractivity contribution >= 4 is 23.2 Å². The van der Waals surface area contributed by atoms with Crippen molar-refractivity contribution in [1.82, 2.24) is 9.38 Å². The largest absolute Gasteiger partial charge is 0.462 e. The number of imidazole rings is 1. The molecule has 3 rings (SSSR count). The van der Waals surface area contributed by atoms with Gasteiger partial charge in [-0.1, -0.05) is 26.0 Å². The number of hydrogen-bond acceptors (Lipinski definition) is 4. The molecule has 3 aromatic rings. The molecular formula is C20H21N3O3. The molecular weight excluding hydrogens is 330 g/mol. The number of fused-ring (bicyclic) bond motifs is 1. The average molecular weight is 351 g/mol. The van der Waals surface area contributed by atoms with E-state index >= 15 is 0 Å². The first-order valence-corrected chi connectivity index (χ1v) is 8.68. The second-order valence-corrected chi connectivity index (χ2v) is 5.86. The van der Waals surface area contributed by atoms with E-state index in [1.807, 2.05) is 38.2 Å². The predicted molar refractivity (Wildman–Crippen MR) is 99.5 cm³/mol. The van der Waals surface area contributed by atoms with E-state index in [0.29, 0.717) is 30.0 Å². The first-order valence-electron chi connectivity index (χ1n) is 8.68. The van der Waals surface area contributed by atoms with Gasteiger partial charge in [-0.2, -0.15) is 0 Å². The highest BCUT2D eigenvalue weighted by Crippen LogP contribution is 2.17. The summed E-state index contributed by atoms with van der Waals surface area (Å²) in [4.78, 5) is 29.3. The van der Waals surface area contributed by atoms with Crippen LogP contribution in [-0.2, 0) is 11.2 Å². The third-order valence-corrected chi connectivity index (χ3v) is 3.95. The van der Waals surface area contributed by atoms with Gasteiger partial charge in [0.05, 0.1) is 17.9 Å². The lowest BCUT2D eigenvalue weighted by molar-refractivity contribution is 0.0505. The molecule has 1 N–H and O–H groups in total. The van der Waals surface area contributed by atoms with E-state index in [0.717, 1.165) is 17.8 Å². The molecule has 1 amide bonds. The zero-order chi connectivity index (χ0) is 18.5. The molecule has 1 aromatic carbocycles. The summed E-state index contributed by atoms with van der Waals surface area (Å²) in [5.74, 6) is -0.661. The summed E-state index contributed by atoms with van der Waals surface area (Å²) in [6, 6.07) is 12.3. The number of esters is 1. The fraction of sp³-hybridized carbons (Fsp3) is 0.250. The number of hydrogen-bond donors (Lipinski definition) is 1. The molecule has 0 unspecified atom stereocenters. The van der Waals surface area contributed by atoms with E-state index in [1.54, 1.807) is 28.7 Å². The minimum Gasteiger partial charge on any atom is -0.462 e.